The van der Waals surface area contributed by atoms with Crippen molar-refractivity contribution < 1.29 is 0 Å². The van der Waals surface area contributed by atoms with Gasteiger partial charge in [-0.05, 0) is 62.2 Å². The second kappa shape index (κ2) is 5.57. The van der Waals surface area contributed by atoms with Gasteiger partial charge in [0.25, 0.3) is 0 Å². The summed E-state index contributed by atoms with van der Waals surface area (Å²) in [5, 5.41) is 3.42. The van der Waals surface area contributed by atoms with E-state index >= 15 is 0 Å². The highest BCUT2D eigenvalue weighted by Gasteiger charge is 2.12. The second-order valence-electron chi connectivity index (χ2n) is 4.25. The standard InChI is InChI=1S/C13H19NS/c1-15-13-4-2-11(3-5-13)10-12-6-8-14-9-7-12/h2-5,12,14H,6-10H2,1H3. The lowest BCUT2D eigenvalue weighted by Crippen LogP contribution is -2.28. The van der Waals surface area contributed by atoms with Crippen LogP contribution in [-0.4, -0.2) is 19.3 Å². The third-order valence-corrected chi connectivity index (χ3v) is 3.89. The van der Waals surface area contributed by atoms with Crippen LogP contribution < -0.4 is 5.32 Å². The van der Waals surface area contributed by atoms with Crippen molar-refractivity contribution in [3.05, 3.63) is 29.8 Å². The molecule has 1 heterocycles. The van der Waals surface area contributed by atoms with Crippen molar-refractivity contribution in [1.29, 1.82) is 0 Å². The summed E-state index contributed by atoms with van der Waals surface area (Å²) in [6.45, 7) is 2.40. The molecule has 0 saturated carbocycles. The molecule has 1 aromatic rings. The Morgan fingerprint density at radius 1 is 1.20 bits per heavy atom. The number of rotatable bonds is 3. The van der Waals surface area contributed by atoms with E-state index in [4.69, 9.17) is 0 Å². The quantitative estimate of drug-likeness (QED) is 0.788. The van der Waals surface area contributed by atoms with Crippen LogP contribution in [0.4, 0.5) is 0 Å². The summed E-state index contributed by atoms with van der Waals surface area (Å²) < 4.78 is 0. The maximum Gasteiger partial charge on any atom is 0.00693 e. The molecule has 15 heavy (non-hydrogen) atoms. The van der Waals surface area contributed by atoms with Crippen LogP contribution in [0.5, 0.6) is 0 Å². The number of piperidine rings is 1. The SMILES string of the molecule is CSc1ccc(CC2CCNCC2)cc1. The van der Waals surface area contributed by atoms with E-state index in [1.807, 2.05) is 11.8 Å². The van der Waals surface area contributed by atoms with Crippen molar-refractivity contribution in [2.24, 2.45) is 5.92 Å². The van der Waals surface area contributed by atoms with E-state index in [-0.39, 0.29) is 0 Å². The molecular weight excluding hydrogens is 202 g/mol. The first-order valence-corrected chi connectivity index (χ1v) is 6.94. The zero-order valence-electron chi connectivity index (χ0n) is 9.33. The topological polar surface area (TPSA) is 12.0 Å². The Kier molecular flexibility index (Phi) is 4.09. The first-order chi connectivity index (χ1) is 7.38. The summed E-state index contributed by atoms with van der Waals surface area (Å²) in [7, 11) is 0. The summed E-state index contributed by atoms with van der Waals surface area (Å²) >= 11 is 1.81. The van der Waals surface area contributed by atoms with Gasteiger partial charge in [-0.2, -0.15) is 0 Å². The molecule has 1 aliphatic heterocycles. The molecule has 0 amide bonds. The minimum atomic E-state index is 0.895. The lowest BCUT2D eigenvalue weighted by atomic mass is 9.91. The highest BCUT2D eigenvalue weighted by molar-refractivity contribution is 7.98. The molecule has 1 N–H and O–H groups in total. The fourth-order valence-electron chi connectivity index (χ4n) is 2.18. The van der Waals surface area contributed by atoms with Crippen LogP contribution in [0, 0.1) is 5.92 Å². The Labute approximate surface area is 96.7 Å². The molecular formula is C13H19NS. The highest BCUT2D eigenvalue weighted by Crippen LogP contribution is 2.20. The highest BCUT2D eigenvalue weighted by atomic mass is 32.2. The van der Waals surface area contributed by atoms with Gasteiger partial charge in [-0.3, -0.25) is 0 Å². The molecule has 0 unspecified atom stereocenters. The molecule has 1 fully saturated rings. The first kappa shape index (κ1) is 11.0. The summed E-state index contributed by atoms with van der Waals surface area (Å²) in [6.07, 6.45) is 6.06. The van der Waals surface area contributed by atoms with Crippen molar-refractivity contribution in [3.8, 4) is 0 Å². The Morgan fingerprint density at radius 3 is 2.47 bits per heavy atom. The number of nitrogens with one attached hydrogen (secondary N) is 1. The molecule has 0 spiro atoms. The van der Waals surface area contributed by atoms with E-state index in [1.54, 1.807) is 0 Å². The average Bonchev–Trinajstić information content (AvgIpc) is 2.31. The van der Waals surface area contributed by atoms with Gasteiger partial charge >= 0.3 is 0 Å². The van der Waals surface area contributed by atoms with E-state index in [0.717, 1.165) is 5.92 Å². The van der Waals surface area contributed by atoms with E-state index in [0.29, 0.717) is 0 Å². The molecule has 0 aromatic heterocycles. The van der Waals surface area contributed by atoms with Gasteiger partial charge in [-0.25, -0.2) is 0 Å². The van der Waals surface area contributed by atoms with E-state index in [9.17, 15) is 0 Å². The van der Waals surface area contributed by atoms with Gasteiger partial charge in [0, 0.05) is 4.90 Å². The van der Waals surface area contributed by atoms with Gasteiger partial charge < -0.3 is 5.32 Å². The molecule has 1 saturated heterocycles. The Balaban J connectivity index is 1.91. The van der Waals surface area contributed by atoms with Crippen LogP contribution in [0.3, 0.4) is 0 Å². The fraction of sp³-hybridized carbons (Fsp3) is 0.538. The monoisotopic (exact) mass is 221 g/mol. The van der Waals surface area contributed by atoms with Gasteiger partial charge in [-0.15, -0.1) is 11.8 Å². The molecule has 0 radical (unpaired) electrons. The number of benzene rings is 1. The van der Waals surface area contributed by atoms with Gasteiger partial charge in [0.2, 0.25) is 0 Å². The number of hydrogen-bond acceptors (Lipinski definition) is 2. The van der Waals surface area contributed by atoms with Crippen molar-refractivity contribution in [2.75, 3.05) is 19.3 Å². The molecule has 2 rings (SSSR count). The molecule has 1 nitrogen and oxygen atoms in total. The molecule has 2 heteroatoms. The van der Waals surface area contributed by atoms with Crippen LogP contribution in [-0.2, 0) is 6.42 Å². The van der Waals surface area contributed by atoms with Crippen molar-refractivity contribution in [1.82, 2.24) is 5.32 Å². The molecule has 1 aromatic carbocycles. The summed E-state index contributed by atoms with van der Waals surface area (Å²) in [5.41, 5.74) is 1.50. The second-order valence-corrected chi connectivity index (χ2v) is 5.13. The van der Waals surface area contributed by atoms with Crippen LogP contribution in [0.1, 0.15) is 18.4 Å². The summed E-state index contributed by atoms with van der Waals surface area (Å²) in [4.78, 5) is 1.36. The van der Waals surface area contributed by atoms with Crippen LogP contribution in [0.25, 0.3) is 0 Å². The summed E-state index contributed by atoms with van der Waals surface area (Å²) in [6, 6.07) is 9.05. The maximum atomic E-state index is 3.42. The average molecular weight is 221 g/mol. The van der Waals surface area contributed by atoms with Gasteiger partial charge in [0.05, 0.1) is 0 Å². The van der Waals surface area contributed by atoms with Crippen LogP contribution in [0.15, 0.2) is 29.2 Å². The zero-order chi connectivity index (χ0) is 10.5. The molecule has 82 valence electrons. The lowest BCUT2D eigenvalue weighted by molar-refractivity contribution is 0.372. The van der Waals surface area contributed by atoms with Gasteiger partial charge in [0.15, 0.2) is 0 Å². The minimum absolute atomic E-state index is 0.895. The maximum absolute atomic E-state index is 3.42. The smallest absolute Gasteiger partial charge is 0.00693 e. The van der Waals surface area contributed by atoms with Crippen LogP contribution in [0.2, 0.25) is 0 Å². The van der Waals surface area contributed by atoms with Crippen molar-refractivity contribution in [3.63, 3.8) is 0 Å². The first-order valence-electron chi connectivity index (χ1n) is 5.72. The van der Waals surface area contributed by atoms with Crippen LogP contribution >= 0.6 is 11.8 Å². The Hall–Kier alpha value is -0.470. The Bertz CT molecular complexity index is 288. The third-order valence-electron chi connectivity index (χ3n) is 3.14. The minimum Gasteiger partial charge on any atom is -0.317 e. The third kappa shape index (κ3) is 3.25. The fourth-order valence-corrected chi connectivity index (χ4v) is 2.59. The van der Waals surface area contributed by atoms with E-state index in [2.05, 4.69) is 35.8 Å². The van der Waals surface area contributed by atoms with Gasteiger partial charge in [0.1, 0.15) is 0 Å². The molecule has 0 bridgehead atoms. The lowest BCUT2D eigenvalue weighted by Gasteiger charge is -2.22. The normalized spacial score (nSPS) is 17.9. The zero-order valence-corrected chi connectivity index (χ0v) is 10.1. The predicted octanol–water partition coefficient (Wildman–Crippen LogP) is 2.95. The largest absolute Gasteiger partial charge is 0.317 e. The molecule has 1 aliphatic rings. The predicted molar refractivity (Wildman–Crippen MR) is 67.5 cm³/mol. The van der Waals surface area contributed by atoms with E-state index < -0.39 is 0 Å². The molecule has 0 aliphatic carbocycles. The Morgan fingerprint density at radius 2 is 1.87 bits per heavy atom. The van der Waals surface area contributed by atoms with E-state index in [1.165, 1.54) is 42.8 Å². The molecule has 0 atom stereocenters. The number of thioether (sulfide) groups is 1. The van der Waals surface area contributed by atoms with Crippen molar-refractivity contribution in [2.45, 2.75) is 24.2 Å². The van der Waals surface area contributed by atoms with Crippen molar-refractivity contribution >= 4 is 11.8 Å². The number of hydrogen-bond donors (Lipinski definition) is 1. The summed E-state index contributed by atoms with van der Waals surface area (Å²) in [5.74, 6) is 0.895. The van der Waals surface area contributed by atoms with Gasteiger partial charge in [-0.1, -0.05) is 12.1 Å².